The van der Waals surface area contributed by atoms with Crippen molar-refractivity contribution >= 4 is 11.6 Å². The molecule has 0 atom stereocenters. The molecule has 6 heteroatoms. The Labute approximate surface area is 120 Å². The number of nitrogens with two attached hydrogens (primary N) is 1. The quantitative estimate of drug-likeness (QED) is 0.910. The van der Waals surface area contributed by atoms with E-state index in [2.05, 4.69) is 5.32 Å². The van der Waals surface area contributed by atoms with Crippen molar-refractivity contribution < 1.29 is 18.3 Å². The molecule has 0 aliphatic carbocycles. The molecule has 4 nitrogen and oxygen atoms in total. The van der Waals surface area contributed by atoms with Crippen molar-refractivity contribution in [3.05, 3.63) is 59.2 Å². The largest absolute Gasteiger partial charge is 0.495 e. The number of carbonyl (C=O) groups excluding carboxylic acids is 1. The maximum Gasteiger partial charge on any atom is 0.255 e. The van der Waals surface area contributed by atoms with Crippen LogP contribution < -0.4 is 15.8 Å². The van der Waals surface area contributed by atoms with Crippen molar-refractivity contribution in [2.24, 2.45) is 5.73 Å². The summed E-state index contributed by atoms with van der Waals surface area (Å²) in [5, 5.41) is 2.58. The Bertz CT molecular complexity index is 675. The summed E-state index contributed by atoms with van der Waals surface area (Å²) in [6, 6.07) is 8.02. The summed E-state index contributed by atoms with van der Waals surface area (Å²) in [5.41, 5.74) is 6.81. The predicted octanol–water partition coefficient (Wildman–Crippen LogP) is 2.68. The average molecular weight is 292 g/mol. The van der Waals surface area contributed by atoms with Gasteiger partial charge in [-0.1, -0.05) is 6.07 Å². The highest BCUT2D eigenvalue weighted by Crippen LogP contribution is 2.26. The summed E-state index contributed by atoms with van der Waals surface area (Å²) in [7, 11) is 1.46. The van der Waals surface area contributed by atoms with Gasteiger partial charge in [0.15, 0.2) is 11.6 Å². The van der Waals surface area contributed by atoms with E-state index in [0.29, 0.717) is 18.0 Å². The maximum absolute atomic E-state index is 13.1. The zero-order valence-corrected chi connectivity index (χ0v) is 11.3. The SMILES string of the molecule is COc1cc(CN)ccc1NC(=O)c1ccc(F)c(F)c1. The first-order valence-electron chi connectivity index (χ1n) is 6.18. The van der Waals surface area contributed by atoms with Crippen molar-refractivity contribution in [1.82, 2.24) is 0 Å². The smallest absolute Gasteiger partial charge is 0.255 e. The van der Waals surface area contributed by atoms with Gasteiger partial charge in [-0.25, -0.2) is 8.78 Å². The number of anilines is 1. The van der Waals surface area contributed by atoms with Crippen molar-refractivity contribution in [2.75, 3.05) is 12.4 Å². The molecule has 0 saturated carbocycles. The molecule has 2 rings (SSSR count). The van der Waals surface area contributed by atoms with Crippen LogP contribution in [0.4, 0.5) is 14.5 Å². The Balaban J connectivity index is 2.24. The molecule has 110 valence electrons. The molecule has 0 spiro atoms. The van der Waals surface area contributed by atoms with Crippen LogP contribution in [0.5, 0.6) is 5.75 Å². The van der Waals surface area contributed by atoms with Crippen LogP contribution in [0.15, 0.2) is 36.4 Å². The van der Waals surface area contributed by atoms with E-state index in [-0.39, 0.29) is 5.56 Å². The van der Waals surface area contributed by atoms with Crippen LogP contribution in [0.3, 0.4) is 0 Å². The fourth-order valence-corrected chi connectivity index (χ4v) is 1.80. The van der Waals surface area contributed by atoms with Gasteiger partial charge in [0.05, 0.1) is 12.8 Å². The van der Waals surface area contributed by atoms with Gasteiger partial charge in [0, 0.05) is 12.1 Å². The molecule has 2 aromatic rings. The van der Waals surface area contributed by atoms with E-state index < -0.39 is 17.5 Å². The summed E-state index contributed by atoms with van der Waals surface area (Å²) in [4.78, 5) is 12.0. The van der Waals surface area contributed by atoms with Crippen LogP contribution in [-0.4, -0.2) is 13.0 Å². The minimum atomic E-state index is -1.08. The second kappa shape index (κ2) is 6.32. The van der Waals surface area contributed by atoms with Crippen LogP contribution in [0.2, 0.25) is 0 Å². The minimum absolute atomic E-state index is 0.0128. The third kappa shape index (κ3) is 3.35. The first-order chi connectivity index (χ1) is 10.0. The van der Waals surface area contributed by atoms with E-state index in [9.17, 15) is 13.6 Å². The second-order valence-electron chi connectivity index (χ2n) is 4.32. The zero-order valence-electron chi connectivity index (χ0n) is 11.3. The molecule has 1 amide bonds. The Kier molecular flexibility index (Phi) is 4.49. The van der Waals surface area contributed by atoms with Gasteiger partial charge in [-0.05, 0) is 35.9 Å². The number of rotatable bonds is 4. The molecule has 21 heavy (non-hydrogen) atoms. The predicted molar refractivity (Wildman–Crippen MR) is 75.2 cm³/mol. The molecule has 0 saturated heterocycles. The number of carbonyl (C=O) groups is 1. The van der Waals surface area contributed by atoms with E-state index in [1.165, 1.54) is 13.2 Å². The van der Waals surface area contributed by atoms with Crippen LogP contribution in [0.1, 0.15) is 15.9 Å². The Morgan fingerprint density at radius 1 is 1.19 bits per heavy atom. The van der Waals surface area contributed by atoms with Crippen LogP contribution >= 0.6 is 0 Å². The first-order valence-corrected chi connectivity index (χ1v) is 6.18. The minimum Gasteiger partial charge on any atom is -0.495 e. The lowest BCUT2D eigenvalue weighted by molar-refractivity contribution is 0.102. The normalized spacial score (nSPS) is 10.3. The average Bonchev–Trinajstić information content (AvgIpc) is 2.50. The van der Waals surface area contributed by atoms with E-state index in [1.54, 1.807) is 18.2 Å². The van der Waals surface area contributed by atoms with Crippen molar-refractivity contribution in [1.29, 1.82) is 0 Å². The highest BCUT2D eigenvalue weighted by Gasteiger charge is 2.12. The third-order valence-corrected chi connectivity index (χ3v) is 2.93. The van der Waals surface area contributed by atoms with Gasteiger partial charge in [-0.15, -0.1) is 0 Å². The Hall–Kier alpha value is -2.47. The molecule has 0 heterocycles. The highest BCUT2D eigenvalue weighted by molar-refractivity contribution is 6.05. The standard InChI is InChI=1S/C15H14F2N2O2/c1-21-14-6-9(8-18)2-5-13(14)19-15(20)10-3-4-11(16)12(17)7-10/h2-7H,8,18H2,1H3,(H,19,20). The molecule has 0 fully saturated rings. The number of hydrogen-bond acceptors (Lipinski definition) is 3. The van der Waals surface area contributed by atoms with Crippen LogP contribution in [-0.2, 0) is 6.54 Å². The molecule has 0 radical (unpaired) electrons. The Morgan fingerprint density at radius 3 is 2.57 bits per heavy atom. The Morgan fingerprint density at radius 2 is 1.95 bits per heavy atom. The number of amides is 1. The molecule has 0 unspecified atom stereocenters. The summed E-state index contributed by atoms with van der Waals surface area (Å²) in [5.74, 6) is -2.20. The molecule has 0 aliphatic heterocycles. The fraction of sp³-hybridized carbons (Fsp3) is 0.133. The second-order valence-corrected chi connectivity index (χ2v) is 4.32. The van der Waals surface area contributed by atoms with Gasteiger partial charge < -0.3 is 15.8 Å². The number of halogens is 2. The van der Waals surface area contributed by atoms with Crippen LogP contribution in [0, 0.1) is 11.6 Å². The van der Waals surface area contributed by atoms with E-state index >= 15 is 0 Å². The topological polar surface area (TPSA) is 64.3 Å². The van der Waals surface area contributed by atoms with Gasteiger partial charge in [0.1, 0.15) is 5.75 Å². The lowest BCUT2D eigenvalue weighted by Gasteiger charge is -2.11. The third-order valence-electron chi connectivity index (χ3n) is 2.93. The summed E-state index contributed by atoms with van der Waals surface area (Å²) >= 11 is 0. The zero-order chi connectivity index (χ0) is 15.4. The number of hydrogen-bond donors (Lipinski definition) is 2. The van der Waals surface area contributed by atoms with Gasteiger partial charge in [0.2, 0.25) is 0 Å². The van der Waals surface area contributed by atoms with Crippen LogP contribution in [0.25, 0.3) is 0 Å². The molecule has 2 aromatic carbocycles. The molecular formula is C15H14F2N2O2. The molecular weight excluding hydrogens is 278 g/mol. The van der Waals surface area contributed by atoms with E-state index in [1.807, 2.05) is 0 Å². The molecule has 0 bridgehead atoms. The highest BCUT2D eigenvalue weighted by atomic mass is 19.2. The van der Waals surface area contributed by atoms with Gasteiger partial charge in [0.25, 0.3) is 5.91 Å². The van der Waals surface area contributed by atoms with Gasteiger partial charge >= 0.3 is 0 Å². The van der Waals surface area contributed by atoms with Crippen molar-refractivity contribution in [3.8, 4) is 5.75 Å². The molecule has 0 aromatic heterocycles. The summed E-state index contributed by atoms with van der Waals surface area (Å²) in [6.45, 7) is 0.341. The monoisotopic (exact) mass is 292 g/mol. The molecule has 3 N–H and O–H groups in total. The number of ether oxygens (including phenoxy) is 1. The van der Waals surface area contributed by atoms with E-state index in [0.717, 1.165) is 17.7 Å². The molecule has 0 aliphatic rings. The van der Waals surface area contributed by atoms with Crippen molar-refractivity contribution in [3.63, 3.8) is 0 Å². The number of methoxy groups -OCH3 is 1. The lowest BCUT2D eigenvalue weighted by atomic mass is 10.1. The van der Waals surface area contributed by atoms with E-state index in [4.69, 9.17) is 10.5 Å². The first kappa shape index (κ1) is 14.9. The van der Waals surface area contributed by atoms with Gasteiger partial charge in [-0.3, -0.25) is 4.79 Å². The number of benzene rings is 2. The summed E-state index contributed by atoms with van der Waals surface area (Å²) < 4.78 is 31.1. The lowest BCUT2D eigenvalue weighted by Crippen LogP contribution is -2.13. The van der Waals surface area contributed by atoms with Crippen molar-refractivity contribution in [2.45, 2.75) is 6.54 Å². The maximum atomic E-state index is 13.1. The van der Waals surface area contributed by atoms with Gasteiger partial charge in [-0.2, -0.15) is 0 Å². The number of nitrogens with one attached hydrogen (secondary N) is 1. The summed E-state index contributed by atoms with van der Waals surface area (Å²) in [6.07, 6.45) is 0. The fourth-order valence-electron chi connectivity index (χ4n) is 1.80.